The van der Waals surface area contributed by atoms with Gasteiger partial charge in [-0.1, -0.05) is 6.07 Å². The van der Waals surface area contributed by atoms with Crippen molar-refractivity contribution in [1.82, 2.24) is 0 Å². The molecule has 0 radical (unpaired) electrons. The van der Waals surface area contributed by atoms with Gasteiger partial charge >= 0.3 is 5.97 Å². The van der Waals surface area contributed by atoms with Crippen LogP contribution >= 0.6 is 0 Å². The minimum absolute atomic E-state index is 0.299. The molecule has 0 aromatic heterocycles. The van der Waals surface area contributed by atoms with Crippen LogP contribution in [0.2, 0.25) is 0 Å². The quantitative estimate of drug-likeness (QED) is 0.773. The van der Waals surface area contributed by atoms with Gasteiger partial charge in [0.05, 0.1) is 6.61 Å². The number of fused-ring (bicyclic) bond motifs is 1. The number of halogens is 1. The number of rotatable bonds is 2. The Morgan fingerprint density at radius 1 is 1.62 bits per heavy atom. The van der Waals surface area contributed by atoms with Crippen LogP contribution in [0, 0.1) is 5.82 Å². The van der Waals surface area contributed by atoms with Crippen LogP contribution in [0.4, 0.5) is 4.39 Å². The molecule has 0 saturated heterocycles. The van der Waals surface area contributed by atoms with E-state index >= 15 is 0 Å². The van der Waals surface area contributed by atoms with Crippen LogP contribution in [0.15, 0.2) is 18.2 Å². The zero-order valence-corrected chi connectivity index (χ0v) is 9.13. The summed E-state index contributed by atoms with van der Waals surface area (Å²) >= 11 is 0. The molecule has 3 nitrogen and oxygen atoms in total. The average molecular weight is 223 g/mol. The Morgan fingerprint density at radius 2 is 2.38 bits per heavy atom. The van der Waals surface area contributed by atoms with Crippen LogP contribution in [-0.4, -0.2) is 12.6 Å². The molecule has 16 heavy (non-hydrogen) atoms. The largest absolute Gasteiger partial charge is 0.464 e. The highest BCUT2D eigenvalue weighted by atomic mass is 19.1. The fourth-order valence-corrected chi connectivity index (χ4v) is 2.14. The highest BCUT2D eigenvalue weighted by Crippen LogP contribution is 2.36. The molecule has 0 aliphatic heterocycles. The first kappa shape index (κ1) is 11.1. The van der Waals surface area contributed by atoms with E-state index in [-0.39, 0.29) is 5.82 Å². The number of hydrogen-bond donors (Lipinski definition) is 1. The van der Waals surface area contributed by atoms with Crippen molar-refractivity contribution in [1.29, 1.82) is 0 Å². The first-order valence-electron chi connectivity index (χ1n) is 5.33. The molecule has 0 amide bonds. The number of hydrogen-bond acceptors (Lipinski definition) is 3. The molecule has 1 aromatic rings. The van der Waals surface area contributed by atoms with E-state index in [0.29, 0.717) is 25.0 Å². The summed E-state index contributed by atoms with van der Waals surface area (Å²) in [7, 11) is 0. The second-order valence-electron chi connectivity index (χ2n) is 3.99. The lowest BCUT2D eigenvalue weighted by molar-refractivity contribution is -0.150. The number of carbonyl (C=O) groups is 1. The standard InChI is InChI=1S/C12H14FNO2/c1-2-16-11(15)12(14)6-5-8-7-9(13)3-4-10(8)12/h3-4,7H,2,5-6,14H2,1H3/t12-/m1/s1. The lowest BCUT2D eigenvalue weighted by atomic mass is 9.93. The topological polar surface area (TPSA) is 52.3 Å². The predicted octanol–water partition coefficient (Wildman–Crippen LogP) is 1.49. The van der Waals surface area contributed by atoms with E-state index in [9.17, 15) is 9.18 Å². The van der Waals surface area contributed by atoms with Gasteiger partial charge in [0.25, 0.3) is 0 Å². The van der Waals surface area contributed by atoms with Crippen LogP contribution in [-0.2, 0) is 21.5 Å². The second kappa shape index (κ2) is 3.87. The number of benzene rings is 1. The first-order valence-corrected chi connectivity index (χ1v) is 5.33. The maximum absolute atomic E-state index is 13.0. The molecule has 2 rings (SSSR count). The summed E-state index contributed by atoms with van der Waals surface area (Å²) in [5, 5.41) is 0. The van der Waals surface area contributed by atoms with Gasteiger partial charge in [0.15, 0.2) is 0 Å². The van der Waals surface area contributed by atoms with Crippen LogP contribution in [0.25, 0.3) is 0 Å². The van der Waals surface area contributed by atoms with E-state index in [2.05, 4.69) is 0 Å². The summed E-state index contributed by atoms with van der Waals surface area (Å²) < 4.78 is 18.0. The fraction of sp³-hybridized carbons (Fsp3) is 0.417. The maximum Gasteiger partial charge on any atom is 0.330 e. The molecule has 0 bridgehead atoms. The van der Waals surface area contributed by atoms with Gasteiger partial charge in [0.1, 0.15) is 11.4 Å². The summed E-state index contributed by atoms with van der Waals surface area (Å²) in [5.41, 5.74) is 6.44. The summed E-state index contributed by atoms with van der Waals surface area (Å²) in [4.78, 5) is 11.8. The molecule has 0 heterocycles. The lowest BCUT2D eigenvalue weighted by Gasteiger charge is -2.22. The van der Waals surface area contributed by atoms with Gasteiger partial charge in [-0.05, 0) is 43.0 Å². The van der Waals surface area contributed by atoms with Crippen molar-refractivity contribution < 1.29 is 13.9 Å². The third-order valence-electron chi connectivity index (χ3n) is 2.98. The molecule has 0 fully saturated rings. The highest BCUT2D eigenvalue weighted by molar-refractivity contribution is 5.84. The molecular weight excluding hydrogens is 209 g/mol. The van der Waals surface area contributed by atoms with Gasteiger partial charge in [-0.25, -0.2) is 9.18 Å². The van der Waals surface area contributed by atoms with Crippen molar-refractivity contribution in [2.45, 2.75) is 25.3 Å². The Labute approximate surface area is 93.4 Å². The van der Waals surface area contributed by atoms with Crippen LogP contribution in [0.5, 0.6) is 0 Å². The molecule has 0 saturated carbocycles. The summed E-state index contributed by atoms with van der Waals surface area (Å²) in [6.45, 7) is 2.04. The van der Waals surface area contributed by atoms with E-state index in [1.165, 1.54) is 12.1 Å². The number of aryl methyl sites for hydroxylation is 1. The van der Waals surface area contributed by atoms with E-state index in [1.807, 2.05) is 0 Å². The Kier molecular flexibility index (Phi) is 2.68. The van der Waals surface area contributed by atoms with Gasteiger partial charge < -0.3 is 10.5 Å². The lowest BCUT2D eigenvalue weighted by Crippen LogP contribution is -2.44. The first-order chi connectivity index (χ1) is 7.58. The molecule has 0 unspecified atom stereocenters. The monoisotopic (exact) mass is 223 g/mol. The van der Waals surface area contributed by atoms with Crippen molar-refractivity contribution in [2.24, 2.45) is 5.73 Å². The third-order valence-corrected chi connectivity index (χ3v) is 2.98. The minimum atomic E-state index is -1.10. The van der Waals surface area contributed by atoms with Crippen molar-refractivity contribution in [3.8, 4) is 0 Å². The number of nitrogens with two attached hydrogens (primary N) is 1. The SMILES string of the molecule is CCOC(=O)[C@@]1(N)CCc2cc(F)ccc21. The third kappa shape index (κ3) is 1.59. The van der Waals surface area contributed by atoms with Crippen molar-refractivity contribution in [3.05, 3.63) is 35.1 Å². The predicted molar refractivity (Wildman–Crippen MR) is 57.2 cm³/mol. The van der Waals surface area contributed by atoms with Gasteiger partial charge in [0.2, 0.25) is 0 Å². The van der Waals surface area contributed by atoms with Gasteiger partial charge in [0, 0.05) is 0 Å². The maximum atomic E-state index is 13.0. The Hall–Kier alpha value is -1.42. The van der Waals surface area contributed by atoms with E-state index < -0.39 is 11.5 Å². The zero-order valence-electron chi connectivity index (χ0n) is 9.13. The van der Waals surface area contributed by atoms with Gasteiger partial charge in [-0.2, -0.15) is 0 Å². The summed E-state index contributed by atoms with van der Waals surface area (Å²) in [6, 6.07) is 4.34. The Bertz CT molecular complexity index is 433. The molecule has 1 aliphatic carbocycles. The van der Waals surface area contributed by atoms with Gasteiger partial charge in [-0.3, -0.25) is 0 Å². The Balaban J connectivity index is 2.38. The van der Waals surface area contributed by atoms with E-state index in [1.54, 1.807) is 13.0 Å². The molecular formula is C12H14FNO2. The average Bonchev–Trinajstić information content (AvgIpc) is 2.58. The smallest absolute Gasteiger partial charge is 0.330 e. The normalized spacial score (nSPS) is 22.9. The summed E-state index contributed by atoms with van der Waals surface area (Å²) in [5.74, 6) is -0.729. The van der Waals surface area contributed by atoms with Crippen LogP contribution in [0.3, 0.4) is 0 Å². The Morgan fingerprint density at radius 3 is 3.06 bits per heavy atom. The van der Waals surface area contributed by atoms with Crippen molar-refractivity contribution >= 4 is 5.97 Å². The molecule has 2 N–H and O–H groups in total. The molecule has 1 atom stereocenters. The number of esters is 1. The number of ether oxygens (including phenoxy) is 1. The van der Waals surface area contributed by atoms with Crippen molar-refractivity contribution in [2.75, 3.05) is 6.61 Å². The van der Waals surface area contributed by atoms with Crippen LogP contribution < -0.4 is 5.73 Å². The van der Waals surface area contributed by atoms with E-state index in [4.69, 9.17) is 10.5 Å². The molecule has 86 valence electrons. The van der Waals surface area contributed by atoms with Crippen LogP contribution in [0.1, 0.15) is 24.5 Å². The molecule has 4 heteroatoms. The molecule has 0 spiro atoms. The van der Waals surface area contributed by atoms with Crippen molar-refractivity contribution in [3.63, 3.8) is 0 Å². The fourth-order valence-electron chi connectivity index (χ4n) is 2.14. The zero-order chi connectivity index (χ0) is 11.8. The second-order valence-corrected chi connectivity index (χ2v) is 3.99. The molecule has 1 aliphatic rings. The number of carbonyl (C=O) groups excluding carboxylic acids is 1. The summed E-state index contributed by atoms with van der Waals surface area (Å²) in [6.07, 6.45) is 1.09. The van der Waals surface area contributed by atoms with Gasteiger partial charge in [-0.15, -0.1) is 0 Å². The molecule has 1 aromatic carbocycles. The highest BCUT2D eigenvalue weighted by Gasteiger charge is 2.43. The van der Waals surface area contributed by atoms with E-state index in [0.717, 1.165) is 5.56 Å². The minimum Gasteiger partial charge on any atom is -0.464 e.